The normalized spacial score (nSPS) is 12.9. The van der Waals surface area contributed by atoms with Gasteiger partial charge in [-0.25, -0.2) is 0 Å². The van der Waals surface area contributed by atoms with Gasteiger partial charge in [0, 0.05) is 6.08 Å². The van der Waals surface area contributed by atoms with Crippen LogP contribution in [0.4, 0.5) is 0 Å². The van der Waals surface area contributed by atoms with E-state index >= 15 is 0 Å². The maximum absolute atomic E-state index is 11.8. The van der Waals surface area contributed by atoms with Crippen LogP contribution in [0.3, 0.4) is 0 Å². The molecule has 3 heteroatoms. The van der Waals surface area contributed by atoms with Crippen molar-refractivity contribution in [3.63, 3.8) is 0 Å². The van der Waals surface area contributed by atoms with E-state index in [-0.39, 0.29) is 18.6 Å². The molecule has 3 nitrogen and oxygen atoms in total. The molecule has 0 fully saturated rings. The van der Waals surface area contributed by atoms with Gasteiger partial charge >= 0.3 is 0 Å². The summed E-state index contributed by atoms with van der Waals surface area (Å²) in [5.41, 5.74) is 3.39. The fraction of sp³-hybridized carbons (Fsp3) is 0.471. The molecule has 20 heavy (non-hydrogen) atoms. The van der Waals surface area contributed by atoms with Crippen LogP contribution in [0.15, 0.2) is 24.3 Å². The molecule has 1 rings (SSSR count). The van der Waals surface area contributed by atoms with Crippen molar-refractivity contribution in [2.45, 2.75) is 40.2 Å². The summed E-state index contributed by atoms with van der Waals surface area (Å²) >= 11 is 0. The monoisotopic (exact) mass is 275 g/mol. The minimum atomic E-state index is -0.175. The van der Waals surface area contributed by atoms with E-state index in [9.17, 15) is 9.90 Å². The zero-order valence-corrected chi connectivity index (χ0v) is 12.8. The molecule has 0 aliphatic rings. The first-order chi connectivity index (χ1) is 9.42. The second kappa shape index (κ2) is 7.85. The highest BCUT2D eigenvalue weighted by Crippen LogP contribution is 2.12. The molecule has 0 aliphatic heterocycles. The molecule has 0 radical (unpaired) electrons. The van der Waals surface area contributed by atoms with Crippen LogP contribution in [-0.4, -0.2) is 23.7 Å². The highest BCUT2D eigenvalue weighted by atomic mass is 16.3. The molecule has 2 N–H and O–H groups in total. The van der Waals surface area contributed by atoms with E-state index < -0.39 is 0 Å². The predicted octanol–water partition coefficient (Wildman–Crippen LogP) is 2.84. The predicted molar refractivity (Wildman–Crippen MR) is 83.4 cm³/mol. The first-order valence-electron chi connectivity index (χ1n) is 7.09. The van der Waals surface area contributed by atoms with Gasteiger partial charge in [-0.1, -0.05) is 37.6 Å². The summed E-state index contributed by atoms with van der Waals surface area (Å²) in [5.74, 6) is 0.278. The van der Waals surface area contributed by atoms with Gasteiger partial charge in [0.05, 0.1) is 12.6 Å². The van der Waals surface area contributed by atoms with Crippen molar-refractivity contribution in [3.05, 3.63) is 41.0 Å². The SMILES string of the molecule is Cc1ccc(C=CC(=O)NC(CO)CC(C)C)c(C)c1. The van der Waals surface area contributed by atoms with Crippen molar-refractivity contribution in [1.82, 2.24) is 5.32 Å². The Hall–Kier alpha value is -1.61. The summed E-state index contributed by atoms with van der Waals surface area (Å²) < 4.78 is 0. The topological polar surface area (TPSA) is 49.3 Å². The molecule has 1 amide bonds. The third kappa shape index (κ3) is 5.57. The lowest BCUT2D eigenvalue weighted by Crippen LogP contribution is -2.37. The zero-order chi connectivity index (χ0) is 15.1. The van der Waals surface area contributed by atoms with Gasteiger partial charge in [-0.2, -0.15) is 0 Å². The van der Waals surface area contributed by atoms with Crippen molar-refractivity contribution in [2.75, 3.05) is 6.61 Å². The molecule has 0 spiro atoms. The van der Waals surface area contributed by atoms with Crippen molar-refractivity contribution in [3.8, 4) is 0 Å². The van der Waals surface area contributed by atoms with E-state index in [2.05, 4.69) is 25.2 Å². The summed E-state index contributed by atoms with van der Waals surface area (Å²) in [4.78, 5) is 11.8. The summed E-state index contributed by atoms with van der Waals surface area (Å²) in [5, 5.41) is 12.1. The van der Waals surface area contributed by atoms with Gasteiger partial charge in [-0.3, -0.25) is 4.79 Å². The van der Waals surface area contributed by atoms with Crippen LogP contribution in [0.1, 0.15) is 37.0 Å². The molecule has 1 unspecified atom stereocenters. The zero-order valence-electron chi connectivity index (χ0n) is 12.8. The van der Waals surface area contributed by atoms with E-state index in [0.717, 1.165) is 17.5 Å². The number of carbonyl (C=O) groups is 1. The molecule has 0 saturated heterocycles. The van der Waals surface area contributed by atoms with Gasteiger partial charge in [-0.05, 0) is 43.4 Å². The Morgan fingerprint density at radius 3 is 2.60 bits per heavy atom. The summed E-state index contributed by atoms with van der Waals surface area (Å²) in [6.45, 7) is 8.19. The van der Waals surface area contributed by atoms with E-state index in [1.54, 1.807) is 0 Å². The summed E-state index contributed by atoms with van der Waals surface area (Å²) in [6, 6.07) is 5.95. The second-order valence-corrected chi connectivity index (χ2v) is 5.71. The van der Waals surface area contributed by atoms with Crippen LogP contribution in [0.25, 0.3) is 6.08 Å². The Morgan fingerprint density at radius 2 is 2.05 bits per heavy atom. The van der Waals surface area contributed by atoms with Crippen LogP contribution in [0.2, 0.25) is 0 Å². The number of benzene rings is 1. The second-order valence-electron chi connectivity index (χ2n) is 5.71. The van der Waals surface area contributed by atoms with E-state index in [1.165, 1.54) is 11.6 Å². The fourth-order valence-electron chi connectivity index (χ4n) is 2.18. The number of nitrogens with one attached hydrogen (secondary N) is 1. The molecule has 0 heterocycles. The fourth-order valence-corrected chi connectivity index (χ4v) is 2.18. The number of rotatable bonds is 6. The Balaban J connectivity index is 2.62. The number of hydrogen-bond donors (Lipinski definition) is 2. The Bertz CT molecular complexity index is 478. The maximum atomic E-state index is 11.8. The largest absolute Gasteiger partial charge is 0.394 e. The average Bonchev–Trinajstić information content (AvgIpc) is 2.36. The number of aliphatic hydroxyl groups excluding tert-OH is 1. The van der Waals surface area contributed by atoms with Crippen molar-refractivity contribution < 1.29 is 9.90 Å². The molecule has 0 bridgehead atoms. The quantitative estimate of drug-likeness (QED) is 0.784. The highest BCUT2D eigenvalue weighted by molar-refractivity contribution is 5.92. The lowest BCUT2D eigenvalue weighted by atomic mass is 10.0. The van der Waals surface area contributed by atoms with E-state index in [0.29, 0.717) is 5.92 Å². The number of aliphatic hydroxyl groups is 1. The van der Waals surface area contributed by atoms with Crippen molar-refractivity contribution in [1.29, 1.82) is 0 Å². The van der Waals surface area contributed by atoms with Crippen LogP contribution in [0.5, 0.6) is 0 Å². The Labute approximate surface area is 121 Å². The lowest BCUT2D eigenvalue weighted by molar-refractivity contribution is -0.117. The third-order valence-electron chi connectivity index (χ3n) is 3.16. The van der Waals surface area contributed by atoms with Crippen LogP contribution in [-0.2, 0) is 4.79 Å². The molecule has 1 atom stereocenters. The first kappa shape index (κ1) is 16.4. The van der Waals surface area contributed by atoms with Gasteiger partial charge in [0.1, 0.15) is 0 Å². The molecule has 0 aliphatic carbocycles. The van der Waals surface area contributed by atoms with Gasteiger partial charge in [0.15, 0.2) is 0 Å². The van der Waals surface area contributed by atoms with Crippen LogP contribution in [0, 0.1) is 19.8 Å². The van der Waals surface area contributed by atoms with Gasteiger partial charge in [0.2, 0.25) is 5.91 Å². The third-order valence-corrected chi connectivity index (χ3v) is 3.16. The summed E-state index contributed by atoms with van der Waals surface area (Å²) in [7, 11) is 0. The number of amides is 1. The highest BCUT2D eigenvalue weighted by Gasteiger charge is 2.11. The van der Waals surface area contributed by atoms with Crippen molar-refractivity contribution >= 4 is 12.0 Å². The number of aryl methyl sites for hydroxylation is 2. The Morgan fingerprint density at radius 1 is 1.35 bits per heavy atom. The number of hydrogen-bond acceptors (Lipinski definition) is 2. The van der Waals surface area contributed by atoms with Crippen molar-refractivity contribution in [2.24, 2.45) is 5.92 Å². The molecule has 110 valence electrons. The van der Waals surface area contributed by atoms with E-state index in [1.807, 2.05) is 32.1 Å². The van der Waals surface area contributed by atoms with Crippen LogP contribution >= 0.6 is 0 Å². The molecule has 0 saturated carbocycles. The lowest BCUT2D eigenvalue weighted by Gasteiger charge is -2.17. The average molecular weight is 275 g/mol. The van der Waals surface area contributed by atoms with Gasteiger partial charge in [0.25, 0.3) is 0 Å². The molecule has 1 aromatic rings. The Kier molecular flexibility index (Phi) is 6.46. The maximum Gasteiger partial charge on any atom is 0.244 e. The number of carbonyl (C=O) groups excluding carboxylic acids is 1. The molecule has 0 aromatic heterocycles. The van der Waals surface area contributed by atoms with Crippen LogP contribution < -0.4 is 5.32 Å². The first-order valence-corrected chi connectivity index (χ1v) is 7.09. The molecule has 1 aromatic carbocycles. The minimum absolute atomic E-state index is 0.0265. The molecular weight excluding hydrogens is 250 g/mol. The minimum Gasteiger partial charge on any atom is -0.394 e. The summed E-state index contributed by atoms with van der Waals surface area (Å²) in [6.07, 6.45) is 4.12. The molecular formula is C17H25NO2. The van der Waals surface area contributed by atoms with E-state index in [4.69, 9.17) is 0 Å². The standard InChI is InChI=1S/C17H25NO2/c1-12(2)9-16(11-19)18-17(20)8-7-15-6-5-13(3)10-14(15)4/h5-8,10,12,16,19H,9,11H2,1-4H3,(H,18,20). The smallest absolute Gasteiger partial charge is 0.244 e. The van der Waals surface area contributed by atoms with Gasteiger partial charge in [-0.15, -0.1) is 0 Å². The van der Waals surface area contributed by atoms with Gasteiger partial charge < -0.3 is 10.4 Å².